The van der Waals surface area contributed by atoms with E-state index in [1.54, 1.807) is 0 Å². The first-order chi connectivity index (χ1) is 12.6. The van der Waals surface area contributed by atoms with Gasteiger partial charge in [0.25, 0.3) is 0 Å². The molecule has 0 amide bonds. The van der Waals surface area contributed by atoms with Crippen molar-refractivity contribution in [2.45, 2.75) is 36.3 Å². The van der Waals surface area contributed by atoms with Crippen molar-refractivity contribution in [1.82, 2.24) is 0 Å². The summed E-state index contributed by atoms with van der Waals surface area (Å²) in [5.74, 6) is -3.83. The fourth-order valence-corrected chi connectivity index (χ4v) is 6.63. The number of hydrogen-bond donors (Lipinski definition) is 11. The van der Waals surface area contributed by atoms with Crippen molar-refractivity contribution < 1.29 is 90.8 Å². The van der Waals surface area contributed by atoms with Crippen LogP contribution in [0, 0.1) is 0 Å². The number of aliphatic hydroxyl groups excluding tert-OH is 5. The Kier molecular flexibility index (Phi) is 8.20. The average Bonchev–Trinajstić information content (AvgIpc) is 2.44. The van der Waals surface area contributed by atoms with Crippen molar-refractivity contribution in [1.29, 1.82) is 0 Å². The number of rotatable bonds is 8. The van der Waals surface area contributed by atoms with Crippen LogP contribution < -0.4 is 0 Å². The molecule has 29 heavy (non-hydrogen) atoms. The molecule has 0 aromatic carbocycles. The minimum Gasteiger partial charge on any atom is -0.387 e. The minimum absolute atomic E-state index is 2.29. The van der Waals surface area contributed by atoms with Gasteiger partial charge >= 0.3 is 31.3 Å². The monoisotopic (exact) mass is 516 g/mol. The third-order valence-electron chi connectivity index (χ3n) is 3.08. The molecule has 3 unspecified atom stereocenters. The molecular weight excluding hydrogens is 500 g/mol. The second kappa shape index (κ2) is 8.69. The van der Waals surface area contributed by atoms with Crippen LogP contribution in [-0.2, 0) is 35.7 Å². The highest BCUT2D eigenvalue weighted by atomic mass is 31.3. The van der Waals surface area contributed by atoms with Crippen LogP contribution in [-0.4, -0.2) is 91.4 Å². The maximum atomic E-state index is 11.8. The van der Waals surface area contributed by atoms with Crippen molar-refractivity contribution >= 4 is 31.3 Å². The minimum atomic E-state index is -6.27. The van der Waals surface area contributed by atoms with Gasteiger partial charge in [-0.25, -0.2) is 22.8 Å². The van der Waals surface area contributed by atoms with E-state index in [1.807, 2.05) is 0 Å². The maximum absolute atomic E-state index is 11.8. The molecule has 11 N–H and O–H groups in total. The molecule has 19 nitrogen and oxygen atoms in total. The number of hydrogen-bond acceptors (Lipinski definition) is 14. The van der Waals surface area contributed by atoms with Crippen LogP contribution in [0.15, 0.2) is 0 Å². The molecule has 0 spiro atoms. The summed E-state index contributed by atoms with van der Waals surface area (Å²) in [5.41, 5.74) is 0. The molecule has 0 bridgehead atoms. The van der Waals surface area contributed by atoms with Crippen molar-refractivity contribution in [3.63, 3.8) is 0 Å². The first-order valence-electron chi connectivity index (χ1n) is 6.64. The molecule has 0 saturated heterocycles. The van der Waals surface area contributed by atoms with Gasteiger partial charge in [-0.2, -0.15) is 12.9 Å². The third-order valence-corrected chi connectivity index (χ3v) is 8.58. The van der Waals surface area contributed by atoms with E-state index < -0.39 is 67.6 Å². The topological polar surface area (TPSA) is 328 Å². The molecule has 0 aromatic rings. The van der Waals surface area contributed by atoms with Gasteiger partial charge in [0.2, 0.25) is 5.79 Å². The average molecular weight is 516 g/mol. The Bertz CT molecular complexity index is 772. The molecule has 1 rings (SSSR count). The van der Waals surface area contributed by atoms with Crippen molar-refractivity contribution in [3.8, 4) is 0 Å². The molecule has 1 fully saturated rings. The maximum Gasteiger partial charge on any atom is 0.490 e. The van der Waals surface area contributed by atoms with Crippen LogP contribution in [0.25, 0.3) is 0 Å². The number of phosphoric acid groups is 4. The lowest BCUT2D eigenvalue weighted by molar-refractivity contribution is -0.336. The fourth-order valence-electron chi connectivity index (χ4n) is 1.97. The van der Waals surface area contributed by atoms with Crippen molar-refractivity contribution in [2.24, 2.45) is 0 Å². The highest BCUT2D eigenvalue weighted by molar-refractivity contribution is 7.69. The molecule has 9 atom stereocenters. The molecule has 0 heterocycles. The van der Waals surface area contributed by atoms with E-state index in [0.717, 1.165) is 0 Å². The van der Waals surface area contributed by atoms with Gasteiger partial charge in [-0.1, -0.05) is 0 Å². The summed E-state index contributed by atoms with van der Waals surface area (Å²) in [5, 5.41) is 57.5. The highest BCUT2D eigenvalue weighted by Gasteiger charge is 2.62. The highest BCUT2D eigenvalue weighted by Crippen LogP contribution is 2.71. The molecule has 1 saturated carbocycles. The van der Waals surface area contributed by atoms with E-state index in [9.17, 15) is 53.8 Å². The quantitative estimate of drug-likeness (QED) is 0.108. The first kappa shape index (κ1) is 27.4. The Morgan fingerprint density at radius 3 is 1.31 bits per heavy atom. The summed E-state index contributed by atoms with van der Waals surface area (Å²) in [6.07, 6.45) is -12.9. The predicted octanol–water partition coefficient (Wildman–Crippen LogP) is -4.05. The predicted molar refractivity (Wildman–Crippen MR) is 80.8 cm³/mol. The second-order valence-corrected chi connectivity index (χ2v) is 11.3. The lowest BCUT2D eigenvalue weighted by Gasteiger charge is -2.46. The SMILES string of the molecule is O=P(O)(O)OP(=O)(O)OP(=O)(O)OP(=O)(O)O[C@]1(O)[C@H](O)[C@H](O)[C@@H](O)[C@H](O)[C@H]1O. The lowest BCUT2D eigenvalue weighted by Crippen LogP contribution is -2.71. The Labute approximate surface area is 159 Å². The second-order valence-electron chi connectivity index (χ2n) is 5.35. The van der Waals surface area contributed by atoms with Gasteiger partial charge in [0, 0.05) is 0 Å². The van der Waals surface area contributed by atoms with Crippen LogP contribution in [0.2, 0.25) is 0 Å². The molecule has 174 valence electrons. The van der Waals surface area contributed by atoms with Gasteiger partial charge in [0.05, 0.1) is 0 Å². The summed E-state index contributed by atoms with van der Waals surface area (Å²) in [6, 6.07) is 0. The van der Waals surface area contributed by atoms with Gasteiger partial charge in [0.1, 0.15) is 30.5 Å². The van der Waals surface area contributed by atoms with E-state index in [0.29, 0.717) is 0 Å². The standard InChI is InChI=1S/C6H16O19P4/c7-1-2(8)4(10)6(12,5(11)3(1)9)22-27(16,17)24-29(20,21)25-28(18,19)23-26(13,14)15/h1-5,7-12H,(H,16,17)(H,18,19)(H,20,21)(H2,13,14,15)/t1-,2-,3+,4-,5-,6-/m1/s1. The normalized spacial score (nSPS) is 39.9. The zero-order chi connectivity index (χ0) is 23.2. The molecular formula is C6H16O19P4. The van der Waals surface area contributed by atoms with Crippen LogP contribution >= 0.6 is 31.3 Å². The summed E-state index contributed by atoms with van der Waals surface area (Å²) in [7, 11) is -24.4. The molecule has 1 aliphatic carbocycles. The zero-order valence-corrected chi connectivity index (χ0v) is 16.9. The zero-order valence-electron chi connectivity index (χ0n) is 13.4. The smallest absolute Gasteiger partial charge is 0.387 e. The fraction of sp³-hybridized carbons (Fsp3) is 1.00. The van der Waals surface area contributed by atoms with E-state index in [-0.39, 0.29) is 0 Å². The number of phosphoric ester groups is 1. The van der Waals surface area contributed by atoms with Crippen LogP contribution in [0.4, 0.5) is 0 Å². The first-order valence-corrected chi connectivity index (χ1v) is 12.7. The molecule has 0 aromatic heterocycles. The van der Waals surface area contributed by atoms with E-state index >= 15 is 0 Å². The molecule has 0 aliphatic heterocycles. The third kappa shape index (κ3) is 7.17. The Morgan fingerprint density at radius 2 is 0.931 bits per heavy atom. The van der Waals surface area contributed by atoms with Gasteiger partial charge in [-0.3, -0.25) is 0 Å². The van der Waals surface area contributed by atoms with Crippen molar-refractivity contribution in [3.05, 3.63) is 0 Å². The Balaban J connectivity index is 3.05. The Morgan fingerprint density at radius 1 is 0.586 bits per heavy atom. The van der Waals surface area contributed by atoms with E-state index in [1.165, 1.54) is 0 Å². The van der Waals surface area contributed by atoms with Gasteiger partial charge < -0.3 is 55.1 Å². The van der Waals surface area contributed by atoms with Crippen LogP contribution in [0.5, 0.6) is 0 Å². The Hall–Kier alpha value is 0.320. The molecule has 1 aliphatic rings. The summed E-state index contributed by atoms with van der Waals surface area (Å²) < 4.78 is 58.7. The molecule has 0 radical (unpaired) electrons. The van der Waals surface area contributed by atoms with E-state index in [4.69, 9.17) is 19.6 Å². The van der Waals surface area contributed by atoms with E-state index in [2.05, 4.69) is 17.5 Å². The largest absolute Gasteiger partial charge is 0.490 e. The molecule has 23 heteroatoms. The summed E-state index contributed by atoms with van der Waals surface area (Å²) in [6.45, 7) is 0. The van der Waals surface area contributed by atoms with Crippen LogP contribution in [0.1, 0.15) is 0 Å². The number of aliphatic hydroxyl groups is 6. The van der Waals surface area contributed by atoms with Gasteiger partial charge in [0.15, 0.2) is 0 Å². The van der Waals surface area contributed by atoms with Crippen molar-refractivity contribution in [2.75, 3.05) is 0 Å². The van der Waals surface area contributed by atoms with Crippen LogP contribution in [0.3, 0.4) is 0 Å². The summed E-state index contributed by atoms with van der Waals surface area (Å²) in [4.78, 5) is 44.2. The lowest BCUT2D eigenvalue weighted by atomic mass is 9.82. The summed E-state index contributed by atoms with van der Waals surface area (Å²) >= 11 is 0. The van der Waals surface area contributed by atoms with Gasteiger partial charge in [-0.05, 0) is 0 Å². The van der Waals surface area contributed by atoms with Gasteiger partial charge in [-0.15, -0.1) is 0 Å².